The van der Waals surface area contributed by atoms with E-state index in [0.717, 1.165) is 5.52 Å². The van der Waals surface area contributed by atoms with Crippen molar-refractivity contribution in [3.8, 4) is 0 Å². The molecular weight excluding hydrogens is 267 g/mol. The van der Waals surface area contributed by atoms with Gasteiger partial charge in [-0.3, -0.25) is 9.20 Å². The van der Waals surface area contributed by atoms with E-state index in [1.165, 1.54) is 6.92 Å². The zero-order valence-corrected chi connectivity index (χ0v) is 9.63. The van der Waals surface area contributed by atoms with Gasteiger partial charge in [-0.05, 0) is 28.1 Å². The summed E-state index contributed by atoms with van der Waals surface area (Å²) >= 11 is 9.25. The van der Waals surface area contributed by atoms with Crippen LogP contribution in [0, 0.1) is 0 Å². The highest BCUT2D eigenvalue weighted by Gasteiger charge is 2.14. The van der Waals surface area contributed by atoms with Crippen molar-refractivity contribution in [2.75, 3.05) is 0 Å². The van der Waals surface area contributed by atoms with Crippen LogP contribution in [-0.2, 0) is 0 Å². The second kappa shape index (κ2) is 3.37. The van der Waals surface area contributed by atoms with Gasteiger partial charge < -0.3 is 0 Å². The minimum absolute atomic E-state index is 0.0898. The van der Waals surface area contributed by atoms with Gasteiger partial charge in [0.25, 0.3) is 0 Å². The van der Waals surface area contributed by atoms with Gasteiger partial charge in [0, 0.05) is 13.1 Å². The zero-order valence-electron chi connectivity index (χ0n) is 7.29. The summed E-state index contributed by atoms with van der Waals surface area (Å²) in [6.07, 6.45) is 1.76. The van der Waals surface area contributed by atoms with Crippen LogP contribution in [0.3, 0.4) is 0 Å². The average Bonchev–Trinajstić information content (AvgIpc) is 2.45. The Morgan fingerprint density at radius 3 is 3.00 bits per heavy atom. The van der Waals surface area contributed by atoms with Gasteiger partial charge in [-0.1, -0.05) is 11.6 Å². The summed E-state index contributed by atoms with van der Waals surface area (Å²) in [5.74, 6) is 0.294. The Balaban J connectivity index is 2.91. The summed E-state index contributed by atoms with van der Waals surface area (Å²) in [6, 6.07) is 3.53. The van der Waals surface area contributed by atoms with Crippen molar-refractivity contribution in [2.45, 2.75) is 6.92 Å². The second-order valence-electron chi connectivity index (χ2n) is 2.86. The van der Waals surface area contributed by atoms with Crippen molar-refractivity contribution >= 4 is 38.8 Å². The molecule has 0 aliphatic heterocycles. The lowest BCUT2D eigenvalue weighted by atomic mass is 10.4. The van der Waals surface area contributed by atoms with E-state index in [0.29, 0.717) is 15.5 Å². The van der Waals surface area contributed by atoms with E-state index < -0.39 is 0 Å². The lowest BCUT2D eigenvalue weighted by Gasteiger charge is -1.97. The number of Topliss-reactive ketones (excluding diaryl/α,β-unsaturated/α-hetero) is 1. The average molecular weight is 274 g/mol. The molecule has 0 fully saturated rings. The molecule has 0 atom stereocenters. The molecule has 0 spiro atoms. The maximum Gasteiger partial charge on any atom is 0.195 e. The number of aromatic nitrogens is 2. The van der Waals surface area contributed by atoms with Crippen LogP contribution in [0.25, 0.3) is 5.52 Å². The fourth-order valence-corrected chi connectivity index (χ4v) is 2.24. The number of fused-ring (bicyclic) bond motifs is 1. The third-order valence-electron chi connectivity index (χ3n) is 1.89. The Morgan fingerprint density at radius 1 is 1.64 bits per heavy atom. The third kappa shape index (κ3) is 1.35. The van der Waals surface area contributed by atoms with Crippen LogP contribution >= 0.6 is 27.5 Å². The van der Waals surface area contributed by atoms with Crippen LogP contribution in [0.4, 0.5) is 0 Å². The molecule has 0 radical (unpaired) electrons. The van der Waals surface area contributed by atoms with Crippen LogP contribution in [0.15, 0.2) is 22.9 Å². The highest BCUT2D eigenvalue weighted by atomic mass is 79.9. The van der Waals surface area contributed by atoms with E-state index in [9.17, 15) is 4.79 Å². The minimum Gasteiger partial charge on any atom is -0.295 e. The summed E-state index contributed by atoms with van der Waals surface area (Å²) in [6.45, 7) is 1.47. The predicted molar refractivity (Wildman–Crippen MR) is 57.9 cm³/mol. The summed E-state index contributed by atoms with van der Waals surface area (Å²) in [7, 11) is 0. The topological polar surface area (TPSA) is 34.4 Å². The van der Waals surface area contributed by atoms with E-state index in [1.54, 1.807) is 22.7 Å². The number of nitrogens with zero attached hydrogens (tertiary/aromatic N) is 2. The summed E-state index contributed by atoms with van der Waals surface area (Å²) < 4.78 is 2.27. The quantitative estimate of drug-likeness (QED) is 0.749. The molecule has 0 bridgehead atoms. The maximum absolute atomic E-state index is 11.2. The van der Waals surface area contributed by atoms with Gasteiger partial charge in [0.2, 0.25) is 0 Å². The van der Waals surface area contributed by atoms with Gasteiger partial charge in [-0.25, -0.2) is 4.98 Å². The standard InChI is InChI=1S/C9H6BrClN2O/c1-5(14)9-12-8(10)7-6(11)3-2-4-13(7)9/h2-4H,1H3. The van der Waals surface area contributed by atoms with Crippen molar-refractivity contribution in [1.29, 1.82) is 0 Å². The van der Waals surface area contributed by atoms with Crippen molar-refractivity contribution in [3.63, 3.8) is 0 Å². The Hall–Kier alpha value is -0.870. The molecule has 0 saturated heterocycles. The molecule has 2 aromatic heterocycles. The summed E-state index contributed by atoms with van der Waals surface area (Å²) in [5, 5.41) is 0.569. The molecule has 0 aliphatic carbocycles. The zero-order chi connectivity index (χ0) is 10.3. The summed E-state index contributed by atoms with van der Waals surface area (Å²) in [5.41, 5.74) is 0.722. The van der Waals surface area contributed by atoms with E-state index >= 15 is 0 Å². The van der Waals surface area contributed by atoms with E-state index in [2.05, 4.69) is 20.9 Å². The highest BCUT2D eigenvalue weighted by Crippen LogP contribution is 2.26. The lowest BCUT2D eigenvalue weighted by Crippen LogP contribution is -1.99. The number of carbonyl (C=O) groups is 1. The van der Waals surface area contributed by atoms with Gasteiger partial charge in [0.15, 0.2) is 11.6 Å². The van der Waals surface area contributed by atoms with Crippen LogP contribution in [0.1, 0.15) is 17.5 Å². The first-order valence-electron chi connectivity index (χ1n) is 3.94. The molecule has 0 amide bonds. The molecule has 0 saturated carbocycles. The van der Waals surface area contributed by atoms with E-state index in [4.69, 9.17) is 11.6 Å². The Labute approximate surface area is 93.8 Å². The van der Waals surface area contributed by atoms with Crippen LogP contribution < -0.4 is 0 Å². The molecule has 2 heterocycles. The maximum atomic E-state index is 11.2. The number of halogens is 2. The third-order valence-corrected chi connectivity index (χ3v) is 2.75. The number of carbonyl (C=O) groups excluding carboxylic acids is 1. The van der Waals surface area contributed by atoms with Crippen LogP contribution in [0.2, 0.25) is 5.02 Å². The SMILES string of the molecule is CC(=O)c1nc(Br)c2c(Cl)cccn12. The fraction of sp³-hybridized carbons (Fsp3) is 0.111. The van der Waals surface area contributed by atoms with Crippen molar-refractivity contribution in [2.24, 2.45) is 0 Å². The van der Waals surface area contributed by atoms with Crippen molar-refractivity contribution in [3.05, 3.63) is 33.8 Å². The molecule has 14 heavy (non-hydrogen) atoms. The van der Waals surface area contributed by atoms with Gasteiger partial charge in [0.05, 0.1) is 10.5 Å². The van der Waals surface area contributed by atoms with E-state index in [-0.39, 0.29) is 5.78 Å². The Kier molecular flexibility index (Phi) is 2.33. The molecular formula is C9H6BrClN2O. The van der Waals surface area contributed by atoms with Crippen LogP contribution in [0.5, 0.6) is 0 Å². The molecule has 5 heteroatoms. The molecule has 72 valence electrons. The van der Waals surface area contributed by atoms with Gasteiger partial charge in [0.1, 0.15) is 4.60 Å². The van der Waals surface area contributed by atoms with Crippen molar-refractivity contribution in [1.82, 2.24) is 9.38 Å². The Bertz CT molecular complexity index is 521. The molecule has 2 rings (SSSR count). The van der Waals surface area contributed by atoms with Crippen molar-refractivity contribution < 1.29 is 4.79 Å². The second-order valence-corrected chi connectivity index (χ2v) is 4.02. The molecule has 0 aromatic carbocycles. The van der Waals surface area contributed by atoms with E-state index in [1.807, 2.05) is 0 Å². The van der Waals surface area contributed by atoms with Gasteiger partial charge in [-0.15, -0.1) is 0 Å². The largest absolute Gasteiger partial charge is 0.295 e. The predicted octanol–water partition coefficient (Wildman–Crippen LogP) is 2.95. The number of hydrogen-bond donors (Lipinski definition) is 0. The van der Waals surface area contributed by atoms with Gasteiger partial charge in [-0.2, -0.15) is 0 Å². The van der Waals surface area contributed by atoms with Gasteiger partial charge >= 0.3 is 0 Å². The molecule has 2 aromatic rings. The number of pyridine rings is 1. The monoisotopic (exact) mass is 272 g/mol. The molecule has 0 unspecified atom stereocenters. The molecule has 0 N–H and O–H groups in total. The number of hydrogen-bond acceptors (Lipinski definition) is 2. The first-order chi connectivity index (χ1) is 6.61. The molecule has 3 nitrogen and oxygen atoms in total. The lowest BCUT2D eigenvalue weighted by molar-refractivity contribution is 0.100. The van der Waals surface area contributed by atoms with Crippen LogP contribution in [-0.4, -0.2) is 15.2 Å². The number of ketones is 1. The smallest absolute Gasteiger partial charge is 0.195 e. The fourth-order valence-electron chi connectivity index (χ4n) is 1.30. The molecule has 0 aliphatic rings. The normalized spacial score (nSPS) is 10.8. The highest BCUT2D eigenvalue weighted by molar-refractivity contribution is 9.10. The minimum atomic E-state index is -0.0898. The Morgan fingerprint density at radius 2 is 2.36 bits per heavy atom. The summed E-state index contributed by atoms with van der Waals surface area (Å²) in [4.78, 5) is 15.3. The number of imidazole rings is 1. The first kappa shape index (κ1) is 9.68. The number of rotatable bonds is 1. The first-order valence-corrected chi connectivity index (χ1v) is 5.11.